The summed E-state index contributed by atoms with van der Waals surface area (Å²) >= 11 is 0. The number of amides is 2. The molecule has 0 radical (unpaired) electrons. The number of hydrogen-bond donors (Lipinski definition) is 1. The third-order valence-electron chi connectivity index (χ3n) is 7.25. The summed E-state index contributed by atoms with van der Waals surface area (Å²) in [6.07, 6.45) is 0.476. The highest BCUT2D eigenvalue weighted by Crippen LogP contribution is 2.47. The number of nitrogens with one attached hydrogen (secondary N) is 1. The summed E-state index contributed by atoms with van der Waals surface area (Å²) in [5, 5.41) is 3.00. The minimum atomic E-state index is -0.665. The molecule has 1 heterocycles. The number of rotatable bonds is 11. The maximum absolute atomic E-state index is 14.0. The zero-order chi connectivity index (χ0) is 30.4. The first-order valence-corrected chi connectivity index (χ1v) is 13.2. The third-order valence-corrected chi connectivity index (χ3v) is 7.25. The van der Waals surface area contributed by atoms with Crippen LogP contribution < -0.4 is 43.4 Å². The highest BCUT2D eigenvalue weighted by Gasteiger charge is 2.42. The smallest absolute Gasteiger partial charge is 0.229 e. The quantitative estimate of drug-likeness (QED) is 0.339. The average molecular weight is 581 g/mol. The maximum atomic E-state index is 14.0. The molecule has 1 N–H and O–H groups in total. The number of nitrogens with zero attached hydrogens (tertiary/aromatic N) is 1. The van der Waals surface area contributed by atoms with E-state index in [-0.39, 0.29) is 18.2 Å². The van der Waals surface area contributed by atoms with Crippen molar-refractivity contribution in [2.45, 2.75) is 18.9 Å². The van der Waals surface area contributed by atoms with Crippen molar-refractivity contribution in [3.63, 3.8) is 0 Å². The fourth-order valence-corrected chi connectivity index (χ4v) is 5.25. The Morgan fingerprint density at radius 3 is 1.67 bits per heavy atom. The van der Waals surface area contributed by atoms with Gasteiger partial charge in [-0.2, -0.15) is 0 Å². The predicted molar refractivity (Wildman–Crippen MR) is 157 cm³/mol. The standard InChI is InChI=1S/C31H36N2O9/c1-36-21-10-8-18(9-11-21)28-22(31(35)32-19-14-23(37-2)29(41-6)24(15-19)38-3)12-13-27(34)33(28)20-16-25(39-4)30(42-7)26(17-20)40-5/h8-11,14-17,22,28H,12-13H2,1-7H3,(H,32,35). The first-order valence-electron chi connectivity index (χ1n) is 13.2. The zero-order valence-corrected chi connectivity index (χ0v) is 24.8. The van der Waals surface area contributed by atoms with E-state index in [1.165, 1.54) is 42.7 Å². The van der Waals surface area contributed by atoms with E-state index in [2.05, 4.69) is 5.32 Å². The third kappa shape index (κ3) is 5.81. The largest absolute Gasteiger partial charge is 0.497 e. The molecule has 4 rings (SSSR count). The van der Waals surface area contributed by atoms with Gasteiger partial charge in [-0.05, 0) is 24.1 Å². The van der Waals surface area contributed by atoms with Gasteiger partial charge in [0.25, 0.3) is 0 Å². The molecule has 11 heteroatoms. The van der Waals surface area contributed by atoms with E-state index in [4.69, 9.17) is 33.2 Å². The number of benzene rings is 3. The van der Waals surface area contributed by atoms with E-state index in [1.807, 2.05) is 12.1 Å². The highest BCUT2D eigenvalue weighted by molar-refractivity contribution is 6.01. The Labute approximate surface area is 245 Å². The Hall–Kier alpha value is -4.80. The van der Waals surface area contributed by atoms with Crippen molar-refractivity contribution < 1.29 is 42.7 Å². The molecule has 11 nitrogen and oxygen atoms in total. The fourth-order valence-electron chi connectivity index (χ4n) is 5.25. The van der Waals surface area contributed by atoms with Crippen molar-refractivity contribution in [2.75, 3.05) is 60.0 Å². The van der Waals surface area contributed by atoms with Gasteiger partial charge in [0.05, 0.1) is 67.4 Å². The Morgan fingerprint density at radius 2 is 1.21 bits per heavy atom. The first kappa shape index (κ1) is 30.2. The summed E-state index contributed by atoms with van der Waals surface area (Å²) in [4.78, 5) is 29.3. The van der Waals surface area contributed by atoms with Gasteiger partial charge in [-0.3, -0.25) is 9.59 Å². The second-order valence-electron chi connectivity index (χ2n) is 9.41. The fraction of sp³-hybridized carbons (Fsp3) is 0.355. The van der Waals surface area contributed by atoms with Gasteiger partial charge in [-0.15, -0.1) is 0 Å². The topological polar surface area (TPSA) is 114 Å². The lowest BCUT2D eigenvalue weighted by Crippen LogP contribution is -2.47. The summed E-state index contributed by atoms with van der Waals surface area (Å²) in [6.45, 7) is 0. The Kier molecular flexibility index (Phi) is 9.51. The molecule has 1 aliphatic rings. The molecule has 0 bridgehead atoms. The van der Waals surface area contributed by atoms with Crippen molar-refractivity contribution in [3.8, 4) is 40.2 Å². The molecular weight excluding hydrogens is 544 g/mol. The highest BCUT2D eigenvalue weighted by atomic mass is 16.5. The van der Waals surface area contributed by atoms with Crippen LogP contribution in [-0.4, -0.2) is 61.6 Å². The van der Waals surface area contributed by atoms with Crippen LogP contribution in [0.25, 0.3) is 0 Å². The van der Waals surface area contributed by atoms with E-state index in [9.17, 15) is 9.59 Å². The van der Waals surface area contributed by atoms with Crippen LogP contribution in [0, 0.1) is 5.92 Å². The SMILES string of the molecule is COc1ccc(C2C(C(=O)Nc3cc(OC)c(OC)c(OC)c3)CCC(=O)N2c2cc(OC)c(OC)c(OC)c2)cc1. The van der Waals surface area contributed by atoms with Crippen molar-refractivity contribution in [3.05, 3.63) is 54.1 Å². The van der Waals surface area contributed by atoms with E-state index >= 15 is 0 Å². The van der Waals surface area contributed by atoms with Crippen LogP contribution in [0.5, 0.6) is 40.2 Å². The lowest BCUT2D eigenvalue weighted by molar-refractivity contribution is -0.125. The predicted octanol–water partition coefficient (Wildman–Crippen LogP) is 4.87. The van der Waals surface area contributed by atoms with Crippen molar-refractivity contribution in [1.82, 2.24) is 0 Å². The second-order valence-corrected chi connectivity index (χ2v) is 9.41. The number of methoxy groups -OCH3 is 7. The van der Waals surface area contributed by atoms with Gasteiger partial charge >= 0.3 is 0 Å². The molecule has 3 aromatic rings. The number of hydrogen-bond acceptors (Lipinski definition) is 9. The molecule has 1 aliphatic heterocycles. The van der Waals surface area contributed by atoms with E-state index in [0.717, 1.165) is 5.56 Å². The lowest BCUT2D eigenvalue weighted by atomic mass is 9.83. The van der Waals surface area contributed by atoms with Gasteiger partial charge in [0, 0.05) is 36.4 Å². The summed E-state index contributed by atoms with van der Waals surface area (Å²) in [7, 11) is 10.6. The number of ether oxygens (including phenoxy) is 7. The van der Waals surface area contributed by atoms with Crippen LogP contribution in [0.3, 0.4) is 0 Å². The van der Waals surface area contributed by atoms with Crippen molar-refractivity contribution in [1.29, 1.82) is 0 Å². The zero-order valence-electron chi connectivity index (χ0n) is 24.8. The van der Waals surface area contributed by atoms with Gasteiger partial charge in [0.15, 0.2) is 23.0 Å². The summed E-state index contributed by atoms with van der Waals surface area (Å²) < 4.78 is 38.3. The summed E-state index contributed by atoms with van der Waals surface area (Å²) in [6, 6.07) is 13.4. The maximum Gasteiger partial charge on any atom is 0.229 e. The molecule has 1 fully saturated rings. The summed E-state index contributed by atoms with van der Waals surface area (Å²) in [5.41, 5.74) is 1.71. The molecule has 0 aromatic heterocycles. The molecule has 1 saturated heterocycles. The van der Waals surface area contributed by atoms with Crippen LogP contribution in [0.4, 0.5) is 11.4 Å². The van der Waals surface area contributed by atoms with Gasteiger partial charge in [-0.1, -0.05) is 12.1 Å². The molecule has 2 unspecified atom stereocenters. The van der Waals surface area contributed by atoms with Crippen LogP contribution in [0.2, 0.25) is 0 Å². The Morgan fingerprint density at radius 1 is 0.714 bits per heavy atom. The van der Waals surface area contributed by atoms with E-state index in [1.54, 1.807) is 48.4 Å². The molecule has 0 aliphatic carbocycles. The minimum absolute atomic E-state index is 0.149. The molecule has 3 aromatic carbocycles. The minimum Gasteiger partial charge on any atom is -0.497 e. The van der Waals surface area contributed by atoms with Crippen LogP contribution in [0.1, 0.15) is 24.4 Å². The average Bonchev–Trinajstić information content (AvgIpc) is 3.03. The Bertz CT molecular complexity index is 1370. The molecule has 0 spiro atoms. The van der Waals surface area contributed by atoms with Crippen molar-refractivity contribution in [2.24, 2.45) is 5.92 Å². The number of anilines is 2. The monoisotopic (exact) mass is 580 g/mol. The number of piperidine rings is 1. The number of carbonyl (C=O) groups is 2. The second kappa shape index (κ2) is 13.2. The number of carbonyl (C=O) groups excluding carboxylic acids is 2. The van der Waals surface area contributed by atoms with E-state index < -0.39 is 12.0 Å². The molecule has 2 atom stereocenters. The van der Waals surface area contributed by atoms with Crippen LogP contribution in [0.15, 0.2) is 48.5 Å². The van der Waals surface area contributed by atoms with Gasteiger partial charge < -0.3 is 43.4 Å². The van der Waals surface area contributed by atoms with E-state index in [0.29, 0.717) is 58.0 Å². The normalized spacial score (nSPS) is 16.4. The van der Waals surface area contributed by atoms with Crippen LogP contribution in [-0.2, 0) is 9.59 Å². The molecular formula is C31H36N2O9. The van der Waals surface area contributed by atoms with Crippen molar-refractivity contribution >= 4 is 23.2 Å². The molecule has 0 saturated carbocycles. The Balaban J connectivity index is 1.81. The van der Waals surface area contributed by atoms with Crippen LogP contribution >= 0.6 is 0 Å². The van der Waals surface area contributed by atoms with Gasteiger partial charge in [-0.25, -0.2) is 0 Å². The summed E-state index contributed by atoms with van der Waals surface area (Å²) in [5.74, 6) is 1.96. The van der Waals surface area contributed by atoms with Gasteiger partial charge in [0.2, 0.25) is 23.3 Å². The lowest BCUT2D eigenvalue weighted by Gasteiger charge is -2.41. The molecule has 224 valence electrons. The molecule has 2 amide bonds. The first-order chi connectivity index (χ1) is 20.3. The molecule has 42 heavy (non-hydrogen) atoms. The van der Waals surface area contributed by atoms with Gasteiger partial charge in [0.1, 0.15) is 5.75 Å².